The van der Waals surface area contributed by atoms with E-state index in [1.54, 1.807) is 12.3 Å². The number of rotatable bonds is 5. The van der Waals surface area contributed by atoms with Crippen molar-refractivity contribution in [2.24, 2.45) is 0 Å². The number of hydrogen-bond acceptors (Lipinski definition) is 3. The molecule has 2 heterocycles. The zero-order chi connectivity index (χ0) is 15.9. The lowest BCUT2D eigenvalue weighted by Gasteiger charge is -2.33. The Morgan fingerprint density at radius 3 is 2.61 bits per heavy atom. The van der Waals surface area contributed by atoms with Crippen LogP contribution in [-0.2, 0) is 16.1 Å². The minimum Gasteiger partial charge on any atom is -0.467 e. The van der Waals surface area contributed by atoms with Crippen molar-refractivity contribution in [2.45, 2.75) is 25.4 Å². The Labute approximate surface area is 136 Å². The summed E-state index contributed by atoms with van der Waals surface area (Å²) in [6.45, 7) is 1.90. The first-order chi connectivity index (χ1) is 11.3. The Kier molecular flexibility index (Phi) is 5.27. The third-order valence-corrected chi connectivity index (χ3v) is 4.04. The molecule has 1 aliphatic heterocycles. The number of ether oxygens (including phenoxy) is 1. The Hall–Kier alpha value is -2.33. The summed E-state index contributed by atoms with van der Waals surface area (Å²) in [5.41, 5.74) is 1.02. The van der Waals surface area contributed by atoms with Crippen LogP contribution in [0, 0.1) is 0 Å². The van der Waals surface area contributed by atoms with Crippen LogP contribution in [0.5, 0.6) is 0 Å². The van der Waals surface area contributed by atoms with Gasteiger partial charge in [0.15, 0.2) is 0 Å². The minimum atomic E-state index is 0.0113. The SMILES string of the molecule is O=C(/C=C/c1ccccc1)N(Cc1ccco1)C1CCOCC1. The van der Waals surface area contributed by atoms with E-state index in [4.69, 9.17) is 9.15 Å². The summed E-state index contributed by atoms with van der Waals surface area (Å²) in [6, 6.07) is 13.8. The maximum absolute atomic E-state index is 12.7. The number of carbonyl (C=O) groups excluding carboxylic acids is 1. The fourth-order valence-corrected chi connectivity index (χ4v) is 2.78. The van der Waals surface area contributed by atoms with E-state index in [-0.39, 0.29) is 11.9 Å². The molecule has 0 radical (unpaired) electrons. The van der Waals surface area contributed by atoms with Crippen LogP contribution in [0.25, 0.3) is 6.08 Å². The van der Waals surface area contributed by atoms with Crippen LogP contribution in [0.2, 0.25) is 0 Å². The lowest BCUT2D eigenvalue weighted by molar-refractivity contribution is -0.131. The molecule has 4 nitrogen and oxygen atoms in total. The molecule has 1 aliphatic rings. The fourth-order valence-electron chi connectivity index (χ4n) is 2.78. The summed E-state index contributed by atoms with van der Waals surface area (Å²) in [6.07, 6.45) is 6.88. The summed E-state index contributed by atoms with van der Waals surface area (Å²) in [5.74, 6) is 0.815. The largest absolute Gasteiger partial charge is 0.467 e. The molecule has 120 valence electrons. The van der Waals surface area contributed by atoms with Crippen LogP contribution in [0.1, 0.15) is 24.2 Å². The Bertz CT molecular complexity index is 628. The lowest BCUT2D eigenvalue weighted by Crippen LogP contribution is -2.42. The molecule has 0 N–H and O–H groups in total. The highest BCUT2D eigenvalue weighted by atomic mass is 16.5. The first-order valence-corrected chi connectivity index (χ1v) is 7.97. The van der Waals surface area contributed by atoms with Crippen molar-refractivity contribution >= 4 is 12.0 Å². The lowest BCUT2D eigenvalue weighted by atomic mass is 10.1. The monoisotopic (exact) mass is 311 g/mol. The van der Waals surface area contributed by atoms with Crippen LogP contribution in [0.15, 0.2) is 59.2 Å². The molecule has 1 amide bonds. The first-order valence-electron chi connectivity index (χ1n) is 7.97. The van der Waals surface area contributed by atoms with E-state index < -0.39 is 0 Å². The fraction of sp³-hybridized carbons (Fsp3) is 0.316. The van der Waals surface area contributed by atoms with Crippen molar-refractivity contribution in [2.75, 3.05) is 13.2 Å². The van der Waals surface area contributed by atoms with Gasteiger partial charge in [-0.25, -0.2) is 0 Å². The molecule has 1 fully saturated rings. The maximum atomic E-state index is 12.7. The van der Waals surface area contributed by atoms with Gasteiger partial charge in [0.2, 0.25) is 5.91 Å². The van der Waals surface area contributed by atoms with Gasteiger partial charge in [0, 0.05) is 25.3 Å². The topological polar surface area (TPSA) is 42.7 Å². The number of furan rings is 1. The van der Waals surface area contributed by atoms with Gasteiger partial charge in [0.1, 0.15) is 5.76 Å². The van der Waals surface area contributed by atoms with Crippen molar-refractivity contribution in [1.82, 2.24) is 4.90 Å². The van der Waals surface area contributed by atoms with Crippen molar-refractivity contribution in [1.29, 1.82) is 0 Å². The van der Waals surface area contributed by atoms with Crippen LogP contribution < -0.4 is 0 Å². The molecule has 2 aromatic rings. The Balaban J connectivity index is 1.73. The third-order valence-electron chi connectivity index (χ3n) is 4.04. The third kappa shape index (κ3) is 4.33. The van der Waals surface area contributed by atoms with E-state index in [9.17, 15) is 4.79 Å². The molecule has 1 aromatic heterocycles. The normalized spacial score (nSPS) is 15.8. The molecule has 1 saturated heterocycles. The summed E-state index contributed by atoms with van der Waals surface area (Å²) in [4.78, 5) is 14.6. The predicted molar refractivity (Wildman–Crippen MR) is 88.6 cm³/mol. The number of hydrogen-bond donors (Lipinski definition) is 0. The molecule has 0 spiro atoms. The molecule has 0 unspecified atom stereocenters. The van der Waals surface area contributed by atoms with Crippen molar-refractivity contribution in [3.63, 3.8) is 0 Å². The average molecular weight is 311 g/mol. The van der Waals surface area contributed by atoms with Gasteiger partial charge in [-0.05, 0) is 36.6 Å². The van der Waals surface area contributed by atoms with Gasteiger partial charge in [-0.2, -0.15) is 0 Å². The van der Waals surface area contributed by atoms with E-state index in [0.29, 0.717) is 19.8 Å². The quantitative estimate of drug-likeness (QED) is 0.794. The van der Waals surface area contributed by atoms with E-state index in [2.05, 4.69) is 0 Å². The predicted octanol–water partition coefficient (Wildman–Crippen LogP) is 3.50. The van der Waals surface area contributed by atoms with Crippen molar-refractivity contribution in [3.8, 4) is 0 Å². The summed E-state index contributed by atoms with van der Waals surface area (Å²) >= 11 is 0. The van der Waals surface area contributed by atoms with Crippen molar-refractivity contribution < 1.29 is 13.9 Å². The minimum absolute atomic E-state index is 0.0113. The smallest absolute Gasteiger partial charge is 0.247 e. The van der Waals surface area contributed by atoms with E-state index in [1.807, 2.05) is 53.4 Å². The zero-order valence-corrected chi connectivity index (χ0v) is 13.1. The molecule has 23 heavy (non-hydrogen) atoms. The summed E-state index contributed by atoms with van der Waals surface area (Å²) in [5, 5.41) is 0. The van der Waals surface area contributed by atoms with Crippen LogP contribution in [-0.4, -0.2) is 30.1 Å². The van der Waals surface area contributed by atoms with E-state index in [0.717, 1.165) is 24.2 Å². The highest BCUT2D eigenvalue weighted by Crippen LogP contribution is 2.19. The molecule has 3 rings (SSSR count). The van der Waals surface area contributed by atoms with E-state index >= 15 is 0 Å². The molecular weight excluding hydrogens is 290 g/mol. The van der Waals surface area contributed by atoms with Gasteiger partial charge in [0.25, 0.3) is 0 Å². The highest BCUT2D eigenvalue weighted by Gasteiger charge is 2.25. The maximum Gasteiger partial charge on any atom is 0.247 e. The number of nitrogens with zero attached hydrogens (tertiary/aromatic N) is 1. The zero-order valence-electron chi connectivity index (χ0n) is 13.1. The Morgan fingerprint density at radius 1 is 1.13 bits per heavy atom. The molecule has 4 heteroatoms. The second-order valence-electron chi connectivity index (χ2n) is 5.63. The molecule has 0 bridgehead atoms. The molecule has 1 aromatic carbocycles. The van der Waals surface area contributed by atoms with Gasteiger partial charge in [-0.1, -0.05) is 30.3 Å². The van der Waals surface area contributed by atoms with Crippen molar-refractivity contribution in [3.05, 3.63) is 66.1 Å². The standard InChI is InChI=1S/C19H21NO3/c21-19(9-8-16-5-2-1-3-6-16)20(15-18-7-4-12-23-18)17-10-13-22-14-11-17/h1-9,12,17H,10-11,13-15H2/b9-8+. The van der Waals surface area contributed by atoms with Gasteiger partial charge in [-0.15, -0.1) is 0 Å². The van der Waals surface area contributed by atoms with Crippen LogP contribution >= 0.6 is 0 Å². The molecular formula is C19H21NO3. The van der Waals surface area contributed by atoms with Gasteiger partial charge in [0.05, 0.1) is 12.8 Å². The van der Waals surface area contributed by atoms with Crippen LogP contribution in [0.4, 0.5) is 0 Å². The second kappa shape index (κ2) is 7.79. The number of amides is 1. The number of carbonyl (C=O) groups is 1. The van der Waals surface area contributed by atoms with E-state index in [1.165, 1.54) is 0 Å². The molecule has 0 aliphatic carbocycles. The van der Waals surface area contributed by atoms with Gasteiger partial charge in [-0.3, -0.25) is 4.79 Å². The molecule has 0 saturated carbocycles. The summed E-state index contributed by atoms with van der Waals surface area (Å²) < 4.78 is 10.8. The Morgan fingerprint density at radius 2 is 1.91 bits per heavy atom. The summed E-state index contributed by atoms with van der Waals surface area (Å²) in [7, 11) is 0. The first kappa shape index (κ1) is 15.6. The van der Waals surface area contributed by atoms with Gasteiger partial charge < -0.3 is 14.1 Å². The highest BCUT2D eigenvalue weighted by molar-refractivity contribution is 5.92. The van der Waals surface area contributed by atoms with Crippen LogP contribution in [0.3, 0.4) is 0 Å². The van der Waals surface area contributed by atoms with Gasteiger partial charge >= 0.3 is 0 Å². The molecule has 0 atom stereocenters. The average Bonchev–Trinajstić information content (AvgIpc) is 3.12. The second-order valence-corrected chi connectivity index (χ2v) is 5.63. The number of benzene rings is 1.